The van der Waals surface area contributed by atoms with Crippen molar-refractivity contribution in [3.8, 4) is 0 Å². The van der Waals surface area contributed by atoms with Gasteiger partial charge in [-0.1, -0.05) is 5.16 Å². The minimum absolute atomic E-state index is 0.170. The van der Waals surface area contributed by atoms with E-state index in [1.165, 1.54) is 0 Å². The normalized spacial score (nSPS) is 23.2. The third kappa shape index (κ3) is 4.50. The van der Waals surface area contributed by atoms with Crippen molar-refractivity contribution in [2.75, 3.05) is 6.54 Å². The molecule has 4 nitrogen and oxygen atoms in total. The van der Waals surface area contributed by atoms with E-state index in [2.05, 4.69) is 15.5 Å². The van der Waals surface area contributed by atoms with E-state index in [1.807, 2.05) is 20.8 Å². The van der Waals surface area contributed by atoms with Crippen LogP contribution in [0.2, 0.25) is 0 Å². The smallest absolute Gasteiger partial charge is 0.129 e. The molecule has 0 saturated heterocycles. The maximum atomic E-state index is 5.21. The van der Waals surface area contributed by atoms with Crippen LogP contribution in [0.4, 0.5) is 0 Å². The highest BCUT2D eigenvalue weighted by Gasteiger charge is 2.10. The third-order valence-electron chi connectivity index (χ3n) is 1.50. The molecule has 0 aliphatic carbocycles. The second kappa shape index (κ2) is 4.25. The Hall–Kier alpha value is -1.06. The highest BCUT2D eigenvalue weighted by Crippen LogP contribution is 2.07. The zero-order chi connectivity index (χ0) is 9.73. The van der Waals surface area contributed by atoms with Crippen LogP contribution in [0, 0.1) is 0 Å². The van der Waals surface area contributed by atoms with Gasteiger partial charge in [0, 0.05) is 6.54 Å². The molecule has 0 aromatic heterocycles. The van der Waals surface area contributed by atoms with Crippen LogP contribution in [0.5, 0.6) is 0 Å². The Kier molecular flexibility index (Phi) is 3.28. The first-order valence-corrected chi connectivity index (χ1v) is 4.55. The van der Waals surface area contributed by atoms with Crippen molar-refractivity contribution in [3.63, 3.8) is 0 Å². The third-order valence-corrected chi connectivity index (χ3v) is 1.50. The zero-order valence-corrected chi connectivity index (χ0v) is 8.45. The molecule has 0 radical (unpaired) electrons. The first-order valence-electron chi connectivity index (χ1n) is 4.55. The molecule has 1 unspecified atom stereocenters. The fraction of sp³-hybridized carbons (Fsp3) is 0.778. The number of nitrogens with one attached hydrogen (secondary N) is 1. The molecule has 0 fully saturated rings. The topological polar surface area (TPSA) is 46.0 Å². The molecule has 0 spiro atoms. The molecule has 1 aliphatic heterocycles. The predicted molar refractivity (Wildman–Crippen MR) is 54.2 cm³/mol. The van der Waals surface area contributed by atoms with Gasteiger partial charge < -0.3 is 10.2 Å². The second-order valence-electron chi connectivity index (χ2n) is 4.05. The number of aliphatic imine (C=N–C) groups is 1. The Balaban J connectivity index is 2.31. The second-order valence-corrected chi connectivity index (χ2v) is 4.05. The van der Waals surface area contributed by atoms with Gasteiger partial charge in [-0.3, -0.25) is 4.99 Å². The van der Waals surface area contributed by atoms with Gasteiger partial charge in [0.05, 0.1) is 18.6 Å². The molecule has 0 amide bonds. The summed E-state index contributed by atoms with van der Waals surface area (Å²) in [5, 5.41) is 6.93. The number of nitrogens with zero attached hydrogens (tertiary/aromatic N) is 2. The maximum absolute atomic E-state index is 5.21. The minimum Gasteiger partial charge on any atom is -0.390 e. The SMILES string of the molecule is CC(C)(C)O/N=C/C1CCNC=N1. The van der Waals surface area contributed by atoms with Crippen LogP contribution in [0.25, 0.3) is 0 Å². The fourth-order valence-electron chi connectivity index (χ4n) is 0.891. The summed E-state index contributed by atoms with van der Waals surface area (Å²) in [5.41, 5.74) is -0.215. The van der Waals surface area contributed by atoms with Gasteiger partial charge in [0.2, 0.25) is 0 Å². The molecule has 1 atom stereocenters. The van der Waals surface area contributed by atoms with E-state index < -0.39 is 0 Å². The van der Waals surface area contributed by atoms with E-state index in [9.17, 15) is 0 Å². The standard InChI is InChI=1S/C9H17N3O/c1-9(2,3)13-12-6-8-4-5-10-7-11-8/h6-8H,4-5H2,1-3H3,(H,10,11)/b12-6+. The Morgan fingerprint density at radius 2 is 2.38 bits per heavy atom. The summed E-state index contributed by atoms with van der Waals surface area (Å²) in [5.74, 6) is 0. The van der Waals surface area contributed by atoms with Gasteiger partial charge >= 0.3 is 0 Å². The highest BCUT2D eigenvalue weighted by molar-refractivity contribution is 5.69. The van der Waals surface area contributed by atoms with Crippen molar-refractivity contribution in [1.29, 1.82) is 0 Å². The lowest BCUT2D eigenvalue weighted by atomic mass is 10.2. The lowest BCUT2D eigenvalue weighted by molar-refractivity contribution is 0.00143. The summed E-state index contributed by atoms with van der Waals surface area (Å²) in [6.07, 6.45) is 4.45. The van der Waals surface area contributed by atoms with Crippen LogP contribution >= 0.6 is 0 Å². The maximum Gasteiger partial charge on any atom is 0.129 e. The Morgan fingerprint density at radius 1 is 1.62 bits per heavy atom. The minimum atomic E-state index is -0.215. The van der Waals surface area contributed by atoms with E-state index in [0.717, 1.165) is 13.0 Å². The number of rotatable bonds is 2. The molecule has 1 N–H and O–H groups in total. The number of hydrogen-bond acceptors (Lipinski definition) is 4. The van der Waals surface area contributed by atoms with Gasteiger partial charge in [0.25, 0.3) is 0 Å². The van der Waals surface area contributed by atoms with Crippen molar-refractivity contribution in [2.45, 2.75) is 38.8 Å². The molecule has 1 heterocycles. The first kappa shape index (κ1) is 10.0. The van der Waals surface area contributed by atoms with Crippen molar-refractivity contribution >= 4 is 12.6 Å². The van der Waals surface area contributed by atoms with Gasteiger partial charge in [-0.2, -0.15) is 0 Å². The fourth-order valence-corrected chi connectivity index (χ4v) is 0.891. The average Bonchev–Trinajstić information content (AvgIpc) is 2.04. The van der Waals surface area contributed by atoms with Crippen molar-refractivity contribution in [3.05, 3.63) is 0 Å². The van der Waals surface area contributed by atoms with E-state index >= 15 is 0 Å². The first-order chi connectivity index (χ1) is 6.08. The average molecular weight is 183 g/mol. The Morgan fingerprint density at radius 3 is 2.92 bits per heavy atom. The summed E-state index contributed by atoms with van der Waals surface area (Å²) in [6.45, 7) is 6.86. The molecule has 0 bridgehead atoms. The Bertz CT molecular complexity index is 205. The summed E-state index contributed by atoms with van der Waals surface area (Å²) < 4.78 is 0. The molecule has 1 rings (SSSR count). The summed E-state index contributed by atoms with van der Waals surface area (Å²) in [6, 6.07) is 0.170. The summed E-state index contributed by atoms with van der Waals surface area (Å²) >= 11 is 0. The quantitative estimate of drug-likeness (QED) is 0.516. The van der Waals surface area contributed by atoms with Crippen LogP contribution in [0.3, 0.4) is 0 Å². The molecule has 0 aromatic carbocycles. The van der Waals surface area contributed by atoms with E-state index in [4.69, 9.17) is 4.84 Å². The van der Waals surface area contributed by atoms with Crippen LogP contribution in [-0.4, -0.2) is 30.7 Å². The van der Waals surface area contributed by atoms with Gasteiger partial charge in [-0.25, -0.2) is 0 Å². The lowest BCUT2D eigenvalue weighted by Crippen LogP contribution is -2.26. The van der Waals surface area contributed by atoms with Crippen LogP contribution < -0.4 is 5.32 Å². The molecule has 13 heavy (non-hydrogen) atoms. The lowest BCUT2D eigenvalue weighted by Gasteiger charge is -2.16. The largest absolute Gasteiger partial charge is 0.390 e. The van der Waals surface area contributed by atoms with E-state index in [0.29, 0.717) is 0 Å². The van der Waals surface area contributed by atoms with Gasteiger partial charge in [0.15, 0.2) is 0 Å². The van der Waals surface area contributed by atoms with Crippen LogP contribution in [-0.2, 0) is 4.84 Å². The highest BCUT2D eigenvalue weighted by atomic mass is 16.6. The van der Waals surface area contributed by atoms with Crippen LogP contribution in [0.15, 0.2) is 10.1 Å². The molecule has 1 aliphatic rings. The Labute approximate surface area is 79.1 Å². The zero-order valence-electron chi connectivity index (χ0n) is 8.45. The van der Waals surface area contributed by atoms with Crippen molar-refractivity contribution in [1.82, 2.24) is 5.32 Å². The predicted octanol–water partition coefficient (Wildman–Crippen LogP) is 1.18. The summed E-state index contributed by atoms with van der Waals surface area (Å²) in [7, 11) is 0. The molecule has 4 heteroatoms. The monoisotopic (exact) mass is 183 g/mol. The van der Waals surface area contributed by atoms with Gasteiger partial charge in [0.1, 0.15) is 5.60 Å². The molecule has 0 saturated carbocycles. The number of hydrogen-bond donors (Lipinski definition) is 1. The van der Waals surface area contributed by atoms with Crippen molar-refractivity contribution in [2.24, 2.45) is 10.1 Å². The van der Waals surface area contributed by atoms with Gasteiger partial charge in [-0.05, 0) is 27.2 Å². The molecular formula is C9H17N3O. The molecule has 74 valence electrons. The molecular weight excluding hydrogens is 166 g/mol. The molecule has 0 aromatic rings. The van der Waals surface area contributed by atoms with Crippen molar-refractivity contribution < 1.29 is 4.84 Å². The summed E-state index contributed by atoms with van der Waals surface area (Å²) in [4.78, 5) is 9.39. The van der Waals surface area contributed by atoms with Gasteiger partial charge in [-0.15, -0.1) is 0 Å². The van der Waals surface area contributed by atoms with Crippen LogP contribution in [0.1, 0.15) is 27.2 Å². The number of oxime groups is 1. The van der Waals surface area contributed by atoms with E-state index in [1.54, 1.807) is 12.6 Å². The van der Waals surface area contributed by atoms with E-state index in [-0.39, 0.29) is 11.6 Å².